The topological polar surface area (TPSA) is 54.4 Å². The summed E-state index contributed by atoms with van der Waals surface area (Å²) in [4.78, 5) is 4.55. The van der Waals surface area contributed by atoms with E-state index in [-0.39, 0.29) is 5.75 Å². The lowest BCUT2D eigenvalue weighted by Gasteiger charge is -2.35. The van der Waals surface area contributed by atoms with Gasteiger partial charge in [-0.25, -0.2) is 0 Å². The summed E-state index contributed by atoms with van der Waals surface area (Å²) in [6.45, 7) is 1.80. The fourth-order valence-corrected chi connectivity index (χ4v) is 3.60. The van der Waals surface area contributed by atoms with Gasteiger partial charge in [0.05, 0.1) is 20.3 Å². The van der Waals surface area contributed by atoms with E-state index in [4.69, 9.17) is 9.47 Å². The van der Waals surface area contributed by atoms with Crippen LogP contribution in [0.4, 0.5) is 8.78 Å². The molecule has 1 unspecified atom stereocenters. The first kappa shape index (κ1) is 22.3. The Labute approximate surface area is 175 Å². The first-order valence-electron chi connectivity index (χ1n) is 9.87. The van der Waals surface area contributed by atoms with Gasteiger partial charge in [0.25, 0.3) is 0 Å². The van der Waals surface area contributed by atoms with Crippen LogP contribution in [-0.2, 0) is 6.54 Å². The summed E-state index contributed by atoms with van der Waals surface area (Å²) in [5.74, 6) is 1.73. The number of ether oxygens (including phenoxy) is 3. The van der Waals surface area contributed by atoms with E-state index in [9.17, 15) is 13.9 Å². The minimum Gasteiger partial charge on any atom is -0.497 e. The lowest BCUT2D eigenvalue weighted by atomic mass is 10.1. The molecule has 0 spiro atoms. The zero-order valence-corrected chi connectivity index (χ0v) is 17.3. The van der Waals surface area contributed by atoms with Crippen molar-refractivity contribution < 1.29 is 28.1 Å². The predicted molar refractivity (Wildman–Crippen MR) is 109 cm³/mol. The fraction of sp³-hybridized carbons (Fsp3) is 0.455. The van der Waals surface area contributed by atoms with Crippen LogP contribution in [0.1, 0.15) is 17.2 Å². The van der Waals surface area contributed by atoms with Crippen LogP contribution in [0.25, 0.3) is 0 Å². The second kappa shape index (κ2) is 10.6. The average molecular weight is 422 g/mol. The molecule has 1 aliphatic rings. The van der Waals surface area contributed by atoms with Gasteiger partial charge in [0.1, 0.15) is 17.2 Å². The Morgan fingerprint density at radius 1 is 0.900 bits per heavy atom. The quantitative estimate of drug-likeness (QED) is 0.670. The number of hydrogen-bond acceptors (Lipinski definition) is 6. The van der Waals surface area contributed by atoms with Crippen LogP contribution < -0.4 is 14.2 Å². The maximum absolute atomic E-state index is 12.2. The van der Waals surface area contributed by atoms with Gasteiger partial charge in [0.2, 0.25) is 0 Å². The van der Waals surface area contributed by atoms with Crippen molar-refractivity contribution in [3.05, 3.63) is 53.6 Å². The summed E-state index contributed by atoms with van der Waals surface area (Å²) in [5.41, 5.74) is 1.76. The van der Waals surface area contributed by atoms with Gasteiger partial charge in [-0.05, 0) is 35.9 Å². The average Bonchev–Trinajstić information content (AvgIpc) is 2.75. The summed E-state index contributed by atoms with van der Waals surface area (Å²) in [6, 6.07) is 11.9. The van der Waals surface area contributed by atoms with Crippen molar-refractivity contribution in [2.24, 2.45) is 0 Å². The molecule has 2 aromatic rings. The second-order valence-electron chi connectivity index (χ2n) is 7.22. The molecule has 2 aromatic carbocycles. The normalized spacial score (nSPS) is 16.5. The molecule has 1 N–H and O–H groups in total. The molecule has 0 amide bonds. The van der Waals surface area contributed by atoms with Crippen molar-refractivity contribution in [2.45, 2.75) is 19.3 Å². The number of β-amino-alcohol motifs (C(OH)–C–C–N with tert-alkyl or cyclic N) is 1. The first-order valence-corrected chi connectivity index (χ1v) is 9.87. The number of alkyl halides is 2. The van der Waals surface area contributed by atoms with Crippen molar-refractivity contribution in [3.8, 4) is 17.2 Å². The molecule has 1 fully saturated rings. The van der Waals surface area contributed by atoms with E-state index in [0.717, 1.165) is 49.8 Å². The lowest BCUT2D eigenvalue weighted by Crippen LogP contribution is -2.47. The number of benzene rings is 2. The predicted octanol–water partition coefficient (Wildman–Crippen LogP) is 3.16. The van der Waals surface area contributed by atoms with E-state index in [1.54, 1.807) is 26.4 Å². The van der Waals surface area contributed by atoms with Crippen molar-refractivity contribution in [3.63, 3.8) is 0 Å². The monoisotopic (exact) mass is 422 g/mol. The van der Waals surface area contributed by atoms with Crippen LogP contribution in [-0.4, -0.2) is 68.5 Å². The van der Waals surface area contributed by atoms with E-state index in [1.165, 1.54) is 12.1 Å². The standard InChI is InChI=1S/C22H28F2N2O4/c1-28-19-7-8-21(29-2)17(13-19)14-25-9-11-26(12-10-25)15-20(27)16-3-5-18(6-4-16)30-22(23)24/h3-8,13,20,22,27H,9-12,14-15H2,1-2H3. The van der Waals surface area contributed by atoms with Crippen LogP contribution >= 0.6 is 0 Å². The van der Waals surface area contributed by atoms with Gasteiger partial charge in [-0.2, -0.15) is 8.78 Å². The highest BCUT2D eigenvalue weighted by Gasteiger charge is 2.21. The van der Waals surface area contributed by atoms with Crippen molar-refractivity contribution in [2.75, 3.05) is 46.9 Å². The maximum Gasteiger partial charge on any atom is 0.387 e. The minimum atomic E-state index is -2.85. The number of methoxy groups -OCH3 is 2. The summed E-state index contributed by atoms with van der Waals surface area (Å²) in [6.07, 6.45) is -0.685. The van der Waals surface area contributed by atoms with E-state index < -0.39 is 12.7 Å². The number of hydrogen-bond donors (Lipinski definition) is 1. The third-order valence-electron chi connectivity index (χ3n) is 5.27. The Hall–Kier alpha value is -2.42. The largest absolute Gasteiger partial charge is 0.497 e. The summed E-state index contributed by atoms with van der Waals surface area (Å²) < 4.78 is 39.6. The molecule has 8 heteroatoms. The van der Waals surface area contributed by atoms with E-state index in [1.807, 2.05) is 18.2 Å². The number of halogens is 2. The third kappa shape index (κ3) is 6.04. The molecule has 0 radical (unpaired) electrons. The van der Waals surface area contributed by atoms with Crippen molar-refractivity contribution in [1.82, 2.24) is 9.80 Å². The van der Waals surface area contributed by atoms with Crippen LogP contribution in [0.15, 0.2) is 42.5 Å². The van der Waals surface area contributed by atoms with Gasteiger partial charge in [-0.1, -0.05) is 12.1 Å². The molecular formula is C22H28F2N2O4. The lowest BCUT2D eigenvalue weighted by molar-refractivity contribution is -0.0498. The summed E-state index contributed by atoms with van der Waals surface area (Å²) in [5, 5.41) is 10.5. The van der Waals surface area contributed by atoms with Crippen LogP contribution in [0, 0.1) is 0 Å². The van der Waals surface area contributed by atoms with Crippen LogP contribution in [0.5, 0.6) is 17.2 Å². The molecular weight excluding hydrogens is 394 g/mol. The SMILES string of the molecule is COc1ccc(OC)c(CN2CCN(CC(O)c3ccc(OC(F)F)cc3)CC2)c1. The smallest absolute Gasteiger partial charge is 0.387 e. The molecule has 3 rings (SSSR count). The number of nitrogens with zero attached hydrogens (tertiary/aromatic N) is 2. The van der Waals surface area contributed by atoms with Crippen molar-refractivity contribution in [1.29, 1.82) is 0 Å². The number of piperazine rings is 1. The van der Waals surface area contributed by atoms with Crippen LogP contribution in [0.3, 0.4) is 0 Å². The Bertz CT molecular complexity index is 796. The summed E-state index contributed by atoms with van der Waals surface area (Å²) in [7, 11) is 3.31. The molecule has 1 heterocycles. The first-order chi connectivity index (χ1) is 14.5. The molecule has 0 saturated carbocycles. The number of aliphatic hydroxyl groups excluding tert-OH is 1. The van der Waals surface area contributed by atoms with Gasteiger partial charge in [-0.3, -0.25) is 9.80 Å². The third-order valence-corrected chi connectivity index (χ3v) is 5.27. The molecule has 164 valence electrons. The van der Waals surface area contributed by atoms with E-state index in [2.05, 4.69) is 14.5 Å². The minimum absolute atomic E-state index is 0.0857. The Kier molecular flexibility index (Phi) is 7.84. The maximum atomic E-state index is 12.2. The Morgan fingerprint density at radius 2 is 1.53 bits per heavy atom. The van der Waals surface area contributed by atoms with Gasteiger partial charge in [0, 0.05) is 44.8 Å². The van der Waals surface area contributed by atoms with E-state index >= 15 is 0 Å². The molecule has 30 heavy (non-hydrogen) atoms. The van der Waals surface area contributed by atoms with Crippen molar-refractivity contribution >= 4 is 0 Å². The fourth-order valence-electron chi connectivity index (χ4n) is 3.60. The molecule has 0 aromatic heterocycles. The van der Waals surface area contributed by atoms with Gasteiger partial charge in [-0.15, -0.1) is 0 Å². The molecule has 6 nitrogen and oxygen atoms in total. The highest BCUT2D eigenvalue weighted by Crippen LogP contribution is 2.26. The molecule has 0 bridgehead atoms. The van der Waals surface area contributed by atoms with Gasteiger partial charge < -0.3 is 19.3 Å². The number of rotatable bonds is 9. The van der Waals surface area contributed by atoms with Crippen LogP contribution in [0.2, 0.25) is 0 Å². The van der Waals surface area contributed by atoms with Gasteiger partial charge >= 0.3 is 6.61 Å². The highest BCUT2D eigenvalue weighted by atomic mass is 19.3. The number of aliphatic hydroxyl groups is 1. The molecule has 1 atom stereocenters. The molecule has 1 saturated heterocycles. The van der Waals surface area contributed by atoms with Gasteiger partial charge in [0.15, 0.2) is 0 Å². The Balaban J connectivity index is 1.50. The Morgan fingerprint density at radius 3 is 2.13 bits per heavy atom. The second-order valence-corrected chi connectivity index (χ2v) is 7.22. The van der Waals surface area contributed by atoms with E-state index in [0.29, 0.717) is 12.1 Å². The zero-order valence-electron chi connectivity index (χ0n) is 17.3. The summed E-state index contributed by atoms with van der Waals surface area (Å²) >= 11 is 0. The highest BCUT2D eigenvalue weighted by molar-refractivity contribution is 5.40. The molecule has 1 aliphatic heterocycles. The zero-order chi connectivity index (χ0) is 21.5. The molecule has 0 aliphatic carbocycles.